The molecule has 1 fully saturated rings. The first-order valence-electron chi connectivity index (χ1n) is 10.4. The van der Waals surface area contributed by atoms with Crippen LogP contribution >= 0.6 is 0 Å². The Morgan fingerprint density at radius 3 is 2.30 bits per heavy atom. The number of hydrogen-bond donors (Lipinski definition) is 2. The van der Waals surface area contributed by atoms with Crippen LogP contribution in [0.5, 0.6) is 0 Å². The van der Waals surface area contributed by atoms with E-state index < -0.39 is 29.9 Å². The predicted octanol–water partition coefficient (Wildman–Crippen LogP) is 2.95. The van der Waals surface area contributed by atoms with Gasteiger partial charge in [0.2, 0.25) is 5.91 Å². The van der Waals surface area contributed by atoms with Gasteiger partial charge in [0.25, 0.3) is 11.8 Å². The van der Waals surface area contributed by atoms with Gasteiger partial charge in [0, 0.05) is 25.3 Å². The van der Waals surface area contributed by atoms with Crippen LogP contribution in [0.2, 0.25) is 0 Å². The Bertz CT molecular complexity index is 1270. The monoisotopic (exact) mass is 444 g/mol. The second-order valence-corrected chi connectivity index (χ2v) is 8.33. The van der Waals surface area contributed by atoms with Crippen LogP contribution in [-0.4, -0.2) is 54.2 Å². The van der Waals surface area contributed by atoms with Gasteiger partial charge in [0.15, 0.2) is 0 Å². The number of benzene rings is 3. The third-order valence-electron chi connectivity index (χ3n) is 5.73. The van der Waals surface area contributed by atoms with Crippen molar-refractivity contribution in [1.82, 2.24) is 15.1 Å². The molecule has 3 aromatic carbocycles. The summed E-state index contributed by atoms with van der Waals surface area (Å²) in [4.78, 5) is 52.6. The van der Waals surface area contributed by atoms with E-state index in [1.54, 1.807) is 51.4 Å². The molecule has 168 valence electrons. The van der Waals surface area contributed by atoms with Crippen molar-refractivity contribution in [2.45, 2.75) is 12.5 Å². The summed E-state index contributed by atoms with van der Waals surface area (Å²) in [5.41, 5.74) is 0.316. The lowest BCUT2D eigenvalue weighted by Gasteiger charge is -2.22. The van der Waals surface area contributed by atoms with E-state index in [1.165, 1.54) is 4.90 Å². The molecule has 5 amide bonds. The number of nitrogens with zero attached hydrogens (tertiary/aromatic N) is 2. The van der Waals surface area contributed by atoms with Gasteiger partial charge in [-0.2, -0.15) is 0 Å². The Morgan fingerprint density at radius 1 is 0.970 bits per heavy atom. The fourth-order valence-corrected chi connectivity index (χ4v) is 3.83. The summed E-state index contributed by atoms with van der Waals surface area (Å²) in [6.45, 7) is 1.21. The van der Waals surface area contributed by atoms with Gasteiger partial charge in [-0.3, -0.25) is 19.3 Å². The molecule has 1 aliphatic rings. The predicted molar refractivity (Wildman–Crippen MR) is 125 cm³/mol. The molecular weight excluding hydrogens is 420 g/mol. The molecule has 8 heteroatoms. The molecule has 4 rings (SSSR count). The van der Waals surface area contributed by atoms with Crippen molar-refractivity contribution in [1.29, 1.82) is 0 Å². The molecule has 8 nitrogen and oxygen atoms in total. The number of urea groups is 1. The van der Waals surface area contributed by atoms with Crippen molar-refractivity contribution in [3.63, 3.8) is 0 Å². The van der Waals surface area contributed by atoms with Crippen molar-refractivity contribution in [3.8, 4) is 0 Å². The minimum Gasteiger partial charge on any atom is -0.345 e. The molecular formula is C25H24N4O4. The third-order valence-corrected chi connectivity index (χ3v) is 5.73. The van der Waals surface area contributed by atoms with Gasteiger partial charge in [-0.25, -0.2) is 4.79 Å². The molecule has 1 saturated heterocycles. The van der Waals surface area contributed by atoms with Crippen molar-refractivity contribution in [2.75, 3.05) is 26.0 Å². The topological polar surface area (TPSA) is 98.8 Å². The summed E-state index contributed by atoms with van der Waals surface area (Å²) in [5.74, 6) is -1.17. The van der Waals surface area contributed by atoms with Crippen molar-refractivity contribution in [3.05, 3.63) is 77.9 Å². The van der Waals surface area contributed by atoms with Crippen LogP contribution in [0.4, 0.5) is 10.5 Å². The van der Waals surface area contributed by atoms with Gasteiger partial charge in [-0.1, -0.05) is 36.4 Å². The second kappa shape index (κ2) is 8.38. The van der Waals surface area contributed by atoms with Crippen LogP contribution in [0.3, 0.4) is 0 Å². The SMILES string of the molecule is CN(C)C(=O)c1ccc(NC(=O)CN2C(=O)NC(C)(c3ccc4ccccc4c3)C2=O)cc1. The Kier molecular flexibility index (Phi) is 5.59. The van der Waals surface area contributed by atoms with E-state index in [-0.39, 0.29) is 5.91 Å². The van der Waals surface area contributed by atoms with E-state index in [2.05, 4.69) is 10.6 Å². The van der Waals surface area contributed by atoms with E-state index >= 15 is 0 Å². The number of fused-ring (bicyclic) bond motifs is 1. The fourth-order valence-electron chi connectivity index (χ4n) is 3.83. The molecule has 2 N–H and O–H groups in total. The fraction of sp³-hybridized carbons (Fsp3) is 0.200. The molecule has 1 aliphatic heterocycles. The lowest BCUT2D eigenvalue weighted by atomic mass is 9.90. The van der Waals surface area contributed by atoms with E-state index in [1.807, 2.05) is 36.4 Å². The number of carbonyl (C=O) groups is 4. The quantitative estimate of drug-likeness (QED) is 0.591. The number of amides is 5. The van der Waals surface area contributed by atoms with Crippen LogP contribution in [0.25, 0.3) is 10.8 Å². The number of rotatable bonds is 5. The number of nitrogens with one attached hydrogen (secondary N) is 2. The first-order valence-corrected chi connectivity index (χ1v) is 10.4. The normalized spacial score (nSPS) is 17.7. The smallest absolute Gasteiger partial charge is 0.325 e. The third kappa shape index (κ3) is 4.15. The minimum absolute atomic E-state index is 0.153. The lowest BCUT2D eigenvalue weighted by molar-refractivity contribution is -0.133. The van der Waals surface area contributed by atoms with Crippen LogP contribution < -0.4 is 10.6 Å². The van der Waals surface area contributed by atoms with Crippen molar-refractivity contribution in [2.24, 2.45) is 0 Å². The van der Waals surface area contributed by atoms with Gasteiger partial charge in [-0.15, -0.1) is 0 Å². The van der Waals surface area contributed by atoms with Gasteiger partial charge >= 0.3 is 6.03 Å². The number of hydrogen-bond acceptors (Lipinski definition) is 4. The summed E-state index contributed by atoms with van der Waals surface area (Å²) in [6.07, 6.45) is 0. The molecule has 0 spiro atoms. The first kappa shape index (κ1) is 22.0. The molecule has 1 heterocycles. The Labute approximate surface area is 191 Å². The average Bonchev–Trinajstić information content (AvgIpc) is 3.02. The molecule has 0 aromatic heterocycles. The minimum atomic E-state index is -1.27. The summed E-state index contributed by atoms with van der Waals surface area (Å²) in [5, 5.41) is 7.36. The van der Waals surface area contributed by atoms with E-state index in [4.69, 9.17) is 0 Å². The van der Waals surface area contributed by atoms with Gasteiger partial charge in [0.1, 0.15) is 12.1 Å². The van der Waals surface area contributed by atoms with Crippen LogP contribution in [0.1, 0.15) is 22.8 Å². The highest BCUT2D eigenvalue weighted by Crippen LogP contribution is 2.31. The van der Waals surface area contributed by atoms with Crippen LogP contribution in [-0.2, 0) is 15.1 Å². The summed E-state index contributed by atoms with van der Waals surface area (Å²) in [6, 6.07) is 19.1. The highest BCUT2D eigenvalue weighted by atomic mass is 16.2. The van der Waals surface area contributed by atoms with Crippen molar-refractivity contribution >= 4 is 40.2 Å². The molecule has 3 aromatic rings. The lowest BCUT2D eigenvalue weighted by Crippen LogP contribution is -2.42. The molecule has 1 unspecified atom stereocenters. The average molecular weight is 444 g/mol. The van der Waals surface area contributed by atoms with Gasteiger partial charge < -0.3 is 15.5 Å². The highest BCUT2D eigenvalue weighted by molar-refractivity contribution is 6.10. The molecule has 1 atom stereocenters. The summed E-state index contributed by atoms with van der Waals surface area (Å²) >= 11 is 0. The molecule has 33 heavy (non-hydrogen) atoms. The van der Waals surface area contributed by atoms with E-state index in [0.29, 0.717) is 16.8 Å². The maximum atomic E-state index is 13.2. The maximum Gasteiger partial charge on any atom is 0.325 e. The molecule has 0 saturated carbocycles. The van der Waals surface area contributed by atoms with Crippen LogP contribution in [0.15, 0.2) is 66.7 Å². The highest BCUT2D eigenvalue weighted by Gasteiger charge is 2.49. The first-order chi connectivity index (χ1) is 15.7. The zero-order chi connectivity index (χ0) is 23.8. The van der Waals surface area contributed by atoms with Crippen molar-refractivity contribution < 1.29 is 19.2 Å². The molecule has 0 bridgehead atoms. The number of carbonyl (C=O) groups excluding carboxylic acids is 4. The maximum absolute atomic E-state index is 13.2. The Morgan fingerprint density at radius 2 is 1.64 bits per heavy atom. The standard InChI is InChI=1S/C25H24N4O4/c1-25(19-11-8-16-6-4-5-7-18(16)14-19)23(32)29(24(33)27-25)15-21(30)26-20-12-9-17(10-13-20)22(31)28(2)3/h4-14H,15H2,1-3H3,(H,26,30)(H,27,33). The summed E-state index contributed by atoms with van der Waals surface area (Å²) < 4.78 is 0. The largest absolute Gasteiger partial charge is 0.345 e. The zero-order valence-corrected chi connectivity index (χ0v) is 18.6. The summed E-state index contributed by atoms with van der Waals surface area (Å²) in [7, 11) is 3.31. The second-order valence-electron chi connectivity index (χ2n) is 8.33. The number of anilines is 1. The van der Waals surface area contributed by atoms with Crippen LogP contribution in [0, 0.1) is 0 Å². The molecule has 0 radical (unpaired) electrons. The Balaban J connectivity index is 1.47. The van der Waals surface area contributed by atoms with E-state index in [0.717, 1.165) is 15.7 Å². The van der Waals surface area contributed by atoms with E-state index in [9.17, 15) is 19.2 Å². The van der Waals surface area contributed by atoms with Gasteiger partial charge in [-0.05, 0) is 53.6 Å². The Hall–Kier alpha value is -4.20. The number of imide groups is 1. The molecule has 0 aliphatic carbocycles. The van der Waals surface area contributed by atoms with Gasteiger partial charge in [0.05, 0.1) is 0 Å². The zero-order valence-electron chi connectivity index (χ0n) is 18.6.